The first-order valence-electron chi connectivity index (χ1n) is 6.01. The zero-order chi connectivity index (χ0) is 12.7. The maximum Gasteiger partial charge on any atom is 0.249 e. The van der Waals surface area contributed by atoms with E-state index >= 15 is 0 Å². The van der Waals surface area contributed by atoms with E-state index in [0.29, 0.717) is 13.2 Å². The van der Waals surface area contributed by atoms with Crippen LogP contribution in [0, 0.1) is 0 Å². The Kier molecular flexibility index (Phi) is 5.93. The van der Waals surface area contributed by atoms with Gasteiger partial charge in [-0.3, -0.25) is 9.59 Å². The summed E-state index contributed by atoms with van der Waals surface area (Å²) in [6.45, 7) is 3.97. The fourth-order valence-corrected chi connectivity index (χ4v) is 1.96. The fourth-order valence-electron chi connectivity index (χ4n) is 1.96. The van der Waals surface area contributed by atoms with Gasteiger partial charge in [-0.25, -0.2) is 0 Å². The molecule has 0 aliphatic carbocycles. The Bertz CT molecular complexity index is 265. The number of nitrogens with two attached hydrogens (primary N) is 1. The van der Waals surface area contributed by atoms with Gasteiger partial charge in [0, 0.05) is 19.2 Å². The molecule has 1 unspecified atom stereocenters. The summed E-state index contributed by atoms with van der Waals surface area (Å²) in [4.78, 5) is 24.4. The number of carbonyl (C=O) groups is 2. The Morgan fingerprint density at radius 3 is 2.82 bits per heavy atom. The van der Waals surface area contributed by atoms with E-state index in [1.165, 1.54) is 4.90 Å². The number of nitrogens with one attached hydrogen (secondary N) is 1. The van der Waals surface area contributed by atoms with Crippen LogP contribution in [0.25, 0.3) is 0 Å². The number of ether oxygens (including phenoxy) is 1. The Labute approximate surface area is 101 Å². The maximum absolute atomic E-state index is 11.9. The predicted octanol–water partition coefficient (Wildman–Crippen LogP) is -0.911. The van der Waals surface area contributed by atoms with Crippen LogP contribution in [-0.4, -0.2) is 55.6 Å². The van der Waals surface area contributed by atoms with Gasteiger partial charge in [0.1, 0.15) is 6.61 Å². The Morgan fingerprint density at radius 2 is 2.29 bits per heavy atom. The van der Waals surface area contributed by atoms with E-state index in [2.05, 4.69) is 5.32 Å². The number of nitrogens with zero attached hydrogens (tertiary/aromatic N) is 1. The smallest absolute Gasteiger partial charge is 0.249 e. The van der Waals surface area contributed by atoms with E-state index in [0.717, 1.165) is 19.4 Å². The van der Waals surface area contributed by atoms with Gasteiger partial charge >= 0.3 is 0 Å². The zero-order valence-corrected chi connectivity index (χ0v) is 10.3. The molecule has 1 aliphatic heterocycles. The van der Waals surface area contributed by atoms with Crippen LogP contribution >= 0.6 is 0 Å². The topological polar surface area (TPSA) is 84.7 Å². The van der Waals surface area contributed by atoms with Crippen LogP contribution in [0.5, 0.6) is 0 Å². The van der Waals surface area contributed by atoms with Crippen LogP contribution in [0.3, 0.4) is 0 Å². The monoisotopic (exact) mass is 243 g/mol. The van der Waals surface area contributed by atoms with Crippen molar-refractivity contribution in [2.75, 3.05) is 32.8 Å². The minimum atomic E-state index is -0.486. The van der Waals surface area contributed by atoms with Crippen molar-refractivity contribution in [3.63, 3.8) is 0 Å². The number of piperidine rings is 1. The molecule has 98 valence electrons. The van der Waals surface area contributed by atoms with Gasteiger partial charge in [-0.1, -0.05) is 0 Å². The standard InChI is InChI=1S/C11H21N3O3/c1-2-17-8-11(16)14(7-10(12)15)9-4-3-5-13-6-9/h9,13H,2-8H2,1H3,(H2,12,15). The molecule has 1 fully saturated rings. The van der Waals surface area contributed by atoms with Crippen molar-refractivity contribution in [2.45, 2.75) is 25.8 Å². The van der Waals surface area contributed by atoms with E-state index in [4.69, 9.17) is 10.5 Å². The van der Waals surface area contributed by atoms with E-state index in [1.807, 2.05) is 6.92 Å². The maximum atomic E-state index is 11.9. The average molecular weight is 243 g/mol. The predicted molar refractivity (Wildman–Crippen MR) is 63.3 cm³/mol. The summed E-state index contributed by atoms with van der Waals surface area (Å²) < 4.78 is 5.08. The molecule has 17 heavy (non-hydrogen) atoms. The number of rotatable bonds is 6. The normalized spacial score (nSPS) is 19.9. The number of primary amides is 1. The third kappa shape index (κ3) is 4.70. The second kappa shape index (κ2) is 7.24. The van der Waals surface area contributed by atoms with E-state index in [9.17, 15) is 9.59 Å². The largest absolute Gasteiger partial charge is 0.372 e. The van der Waals surface area contributed by atoms with Crippen LogP contribution in [-0.2, 0) is 14.3 Å². The van der Waals surface area contributed by atoms with Gasteiger partial charge in [0.2, 0.25) is 11.8 Å². The van der Waals surface area contributed by atoms with Crippen molar-refractivity contribution in [1.82, 2.24) is 10.2 Å². The molecule has 1 aliphatic rings. The molecule has 0 radical (unpaired) electrons. The summed E-state index contributed by atoms with van der Waals surface area (Å²) >= 11 is 0. The van der Waals surface area contributed by atoms with Crippen LogP contribution < -0.4 is 11.1 Å². The van der Waals surface area contributed by atoms with Gasteiger partial charge in [0.25, 0.3) is 0 Å². The third-order valence-electron chi connectivity index (χ3n) is 2.79. The van der Waals surface area contributed by atoms with Crippen molar-refractivity contribution in [3.8, 4) is 0 Å². The number of amides is 2. The highest BCUT2D eigenvalue weighted by molar-refractivity contribution is 5.84. The lowest BCUT2D eigenvalue weighted by molar-refractivity contribution is -0.141. The molecule has 1 heterocycles. The molecule has 1 saturated heterocycles. The second-order valence-corrected chi connectivity index (χ2v) is 4.13. The second-order valence-electron chi connectivity index (χ2n) is 4.13. The molecule has 3 N–H and O–H groups in total. The summed E-state index contributed by atoms with van der Waals surface area (Å²) in [6.07, 6.45) is 1.90. The number of carbonyl (C=O) groups excluding carboxylic acids is 2. The molecule has 2 amide bonds. The summed E-state index contributed by atoms with van der Waals surface area (Å²) in [7, 11) is 0. The Balaban J connectivity index is 2.57. The lowest BCUT2D eigenvalue weighted by atomic mass is 10.1. The number of hydrogen-bond donors (Lipinski definition) is 2. The van der Waals surface area contributed by atoms with E-state index in [1.54, 1.807) is 0 Å². The van der Waals surface area contributed by atoms with Crippen molar-refractivity contribution < 1.29 is 14.3 Å². The molecule has 0 spiro atoms. The average Bonchev–Trinajstić information content (AvgIpc) is 2.34. The fraction of sp³-hybridized carbons (Fsp3) is 0.818. The van der Waals surface area contributed by atoms with Gasteiger partial charge in [-0.05, 0) is 26.3 Å². The summed E-state index contributed by atoms with van der Waals surface area (Å²) in [5.41, 5.74) is 5.17. The molecule has 0 aromatic rings. The molecular formula is C11H21N3O3. The van der Waals surface area contributed by atoms with Gasteiger partial charge in [-0.15, -0.1) is 0 Å². The first-order chi connectivity index (χ1) is 8.15. The minimum absolute atomic E-state index is 0.0142. The first kappa shape index (κ1) is 13.9. The summed E-state index contributed by atoms with van der Waals surface area (Å²) in [5, 5.41) is 3.21. The minimum Gasteiger partial charge on any atom is -0.372 e. The molecule has 0 saturated carbocycles. The van der Waals surface area contributed by atoms with Crippen LogP contribution in [0.2, 0.25) is 0 Å². The van der Waals surface area contributed by atoms with Crippen molar-refractivity contribution in [1.29, 1.82) is 0 Å². The van der Waals surface area contributed by atoms with Crippen molar-refractivity contribution in [3.05, 3.63) is 0 Å². The molecule has 1 atom stereocenters. The Morgan fingerprint density at radius 1 is 1.53 bits per heavy atom. The molecule has 6 nitrogen and oxygen atoms in total. The highest BCUT2D eigenvalue weighted by Gasteiger charge is 2.26. The van der Waals surface area contributed by atoms with Gasteiger partial charge < -0.3 is 20.7 Å². The van der Waals surface area contributed by atoms with Gasteiger partial charge in [0.15, 0.2) is 0 Å². The van der Waals surface area contributed by atoms with E-state index < -0.39 is 5.91 Å². The van der Waals surface area contributed by atoms with Crippen LogP contribution in [0.1, 0.15) is 19.8 Å². The lowest BCUT2D eigenvalue weighted by Gasteiger charge is -2.33. The highest BCUT2D eigenvalue weighted by atomic mass is 16.5. The summed E-state index contributed by atoms with van der Waals surface area (Å²) in [6, 6.07) is 0.0456. The lowest BCUT2D eigenvalue weighted by Crippen LogP contribution is -2.52. The van der Waals surface area contributed by atoms with Gasteiger partial charge in [-0.2, -0.15) is 0 Å². The van der Waals surface area contributed by atoms with Crippen LogP contribution in [0.4, 0.5) is 0 Å². The highest BCUT2D eigenvalue weighted by Crippen LogP contribution is 2.10. The zero-order valence-electron chi connectivity index (χ0n) is 10.3. The molecular weight excluding hydrogens is 222 g/mol. The van der Waals surface area contributed by atoms with Crippen molar-refractivity contribution in [2.24, 2.45) is 5.73 Å². The SMILES string of the molecule is CCOCC(=O)N(CC(N)=O)C1CCCNC1. The molecule has 0 aromatic carbocycles. The van der Waals surface area contributed by atoms with E-state index in [-0.39, 0.29) is 25.1 Å². The summed E-state index contributed by atoms with van der Waals surface area (Å²) in [5.74, 6) is -0.653. The quantitative estimate of drug-likeness (QED) is 0.632. The van der Waals surface area contributed by atoms with Gasteiger partial charge in [0.05, 0.1) is 6.54 Å². The molecule has 1 rings (SSSR count). The molecule has 6 heteroatoms. The van der Waals surface area contributed by atoms with Crippen molar-refractivity contribution >= 4 is 11.8 Å². The third-order valence-corrected chi connectivity index (χ3v) is 2.79. The van der Waals surface area contributed by atoms with Crippen LogP contribution in [0.15, 0.2) is 0 Å². The first-order valence-corrected chi connectivity index (χ1v) is 6.01. The molecule has 0 aromatic heterocycles. The molecule has 0 bridgehead atoms. The number of hydrogen-bond acceptors (Lipinski definition) is 4. The Hall–Kier alpha value is -1.14.